The summed E-state index contributed by atoms with van der Waals surface area (Å²) in [6, 6.07) is 21.2. The first-order valence-electron chi connectivity index (χ1n) is 12.9. The Morgan fingerprint density at radius 3 is 1.84 bits per heavy atom. The molecule has 43 heavy (non-hydrogen) atoms. The number of hydrogen-bond acceptors (Lipinski definition) is 10. The number of azo groups is 2. The molecule has 0 amide bonds. The van der Waals surface area contributed by atoms with Gasteiger partial charge in [-0.2, -0.15) is 20.5 Å². The van der Waals surface area contributed by atoms with Crippen LogP contribution in [-0.2, 0) is 9.59 Å². The molecule has 0 radical (unpaired) electrons. The first kappa shape index (κ1) is 30.0. The van der Waals surface area contributed by atoms with Crippen molar-refractivity contribution in [1.29, 1.82) is 0 Å². The summed E-state index contributed by atoms with van der Waals surface area (Å²) in [6.45, 7) is 10.4. The number of carbonyl (C=O) groups is 2. The van der Waals surface area contributed by atoms with Crippen LogP contribution in [-0.4, -0.2) is 11.9 Å². The normalized spacial score (nSPS) is 10.9. The van der Waals surface area contributed by atoms with Gasteiger partial charge in [0.15, 0.2) is 0 Å². The SMILES string of the molecule is C=CC(=O)Oc1ccc(N=Nc2ccc(NNc3ccc(N=Nc4ccc(OC(=O)C=C)cc4C)c(C)c3)c(F)c2)cc1. The van der Waals surface area contributed by atoms with Gasteiger partial charge in [0, 0.05) is 18.2 Å². The summed E-state index contributed by atoms with van der Waals surface area (Å²) in [6.07, 6.45) is 2.16. The quantitative estimate of drug-likeness (QED) is 0.0602. The second kappa shape index (κ2) is 14.1. The molecule has 0 aliphatic heterocycles. The number of anilines is 2. The predicted molar refractivity (Wildman–Crippen MR) is 162 cm³/mol. The van der Waals surface area contributed by atoms with E-state index in [-0.39, 0.29) is 5.69 Å². The summed E-state index contributed by atoms with van der Waals surface area (Å²) in [5, 5.41) is 16.8. The number of aryl methyl sites for hydroxylation is 2. The standard InChI is InChI=1S/C32H27FN6O4/c1-5-31(40)42-25-11-7-22(8-12-25)34-35-24-10-15-30(27(33)19-24)39-36-23-9-14-28(20(3)17-23)37-38-29-16-13-26(18-21(29)4)43-32(41)6-2/h5-19,36,39H,1-2H2,3-4H3. The van der Waals surface area contributed by atoms with Crippen LogP contribution in [0.4, 0.5) is 38.5 Å². The molecule has 0 bridgehead atoms. The average Bonchev–Trinajstić information content (AvgIpc) is 3.00. The van der Waals surface area contributed by atoms with Crippen molar-refractivity contribution in [2.75, 3.05) is 10.9 Å². The molecule has 10 nitrogen and oxygen atoms in total. The number of esters is 2. The molecule has 11 heteroatoms. The molecule has 0 saturated carbocycles. The Morgan fingerprint density at radius 1 is 0.674 bits per heavy atom. The van der Waals surface area contributed by atoms with Crippen LogP contribution in [0.25, 0.3) is 0 Å². The van der Waals surface area contributed by atoms with Gasteiger partial charge in [0.1, 0.15) is 17.3 Å². The molecule has 0 aromatic heterocycles. The third-order valence-electron chi connectivity index (χ3n) is 5.81. The van der Waals surface area contributed by atoms with Gasteiger partial charge in [0.05, 0.1) is 34.1 Å². The van der Waals surface area contributed by atoms with E-state index in [4.69, 9.17) is 9.47 Å². The van der Waals surface area contributed by atoms with E-state index < -0.39 is 17.8 Å². The maximum atomic E-state index is 14.7. The van der Waals surface area contributed by atoms with Crippen molar-refractivity contribution in [2.45, 2.75) is 13.8 Å². The van der Waals surface area contributed by atoms with E-state index in [1.807, 2.05) is 19.9 Å². The summed E-state index contributed by atoms with van der Waals surface area (Å²) in [7, 11) is 0. The van der Waals surface area contributed by atoms with Gasteiger partial charge in [-0.05, 0) is 97.8 Å². The van der Waals surface area contributed by atoms with Crippen LogP contribution in [0.2, 0.25) is 0 Å². The highest BCUT2D eigenvalue weighted by Gasteiger charge is 2.07. The summed E-state index contributed by atoms with van der Waals surface area (Å²) in [5.74, 6) is -0.886. The van der Waals surface area contributed by atoms with Crippen molar-refractivity contribution in [2.24, 2.45) is 20.5 Å². The van der Waals surface area contributed by atoms with Crippen LogP contribution in [0, 0.1) is 19.7 Å². The molecular weight excluding hydrogens is 551 g/mol. The van der Waals surface area contributed by atoms with Crippen molar-refractivity contribution >= 4 is 46.1 Å². The molecule has 0 saturated heterocycles. The van der Waals surface area contributed by atoms with Gasteiger partial charge in [-0.1, -0.05) is 13.2 Å². The molecule has 4 rings (SSSR count). The van der Waals surface area contributed by atoms with Crippen LogP contribution < -0.4 is 20.3 Å². The smallest absolute Gasteiger partial charge is 0.335 e. The van der Waals surface area contributed by atoms with Gasteiger partial charge in [-0.25, -0.2) is 14.0 Å². The molecule has 0 aliphatic carbocycles. The van der Waals surface area contributed by atoms with Crippen LogP contribution in [0.5, 0.6) is 11.5 Å². The molecule has 216 valence electrons. The van der Waals surface area contributed by atoms with Gasteiger partial charge in [0.2, 0.25) is 0 Å². The number of carbonyl (C=O) groups excluding carboxylic acids is 2. The molecule has 0 fully saturated rings. The van der Waals surface area contributed by atoms with Gasteiger partial charge < -0.3 is 14.9 Å². The Labute approximate surface area is 247 Å². The Morgan fingerprint density at radius 2 is 1.23 bits per heavy atom. The number of ether oxygens (including phenoxy) is 2. The van der Waals surface area contributed by atoms with Crippen LogP contribution in [0.1, 0.15) is 11.1 Å². The maximum Gasteiger partial charge on any atom is 0.335 e. The number of benzene rings is 4. The fraction of sp³-hybridized carbons (Fsp3) is 0.0625. The number of halogens is 1. The average molecular weight is 579 g/mol. The number of hydrogen-bond donors (Lipinski definition) is 2. The molecule has 4 aromatic rings. The van der Waals surface area contributed by atoms with E-state index in [9.17, 15) is 14.0 Å². The van der Waals surface area contributed by atoms with Crippen LogP contribution >= 0.6 is 0 Å². The topological polar surface area (TPSA) is 126 Å². The molecule has 0 aliphatic rings. The van der Waals surface area contributed by atoms with E-state index in [0.717, 1.165) is 23.3 Å². The number of nitrogens with one attached hydrogen (secondary N) is 2. The van der Waals surface area contributed by atoms with E-state index in [0.29, 0.717) is 39.9 Å². The first-order chi connectivity index (χ1) is 20.7. The third-order valence-corrected chi connectivity index (χ3v) is 5.81. The number of nitrogens with zero attached hydrogens (tertiary/aromatic N) is 4. The molecular formula is C32H27FN6O4. The molecule has 2 N–H and O–H groups in total. The fourth-order valence-corrected chi connectivity index (χ4v) is 3.58. The lowest BCUT2D eigenvalue weighted by Gasteiger charge is -2.12. The minimum absolute atomic E-state index is 0.214. The highest BCUT2D eigenvalue weighted by molar-refractivity contribution is 5.83. The van der Waals surface area contributed by atoms with Gasteiger partial charge in [0.25, 0.3) is 0 Å². The minimum Gasteiger partial charge on any atom is -0.423 e. The second-order valence-electron chi connectivity index (χ2n) is 9.01. The lowest BCUT2D eigenvalue weighted by atomic mass is 10.2. The van der Waals surface area contributed by atoms with Gasteiger partial charge >= 0.3 is 11.9 Å². The summed E-state index contributed by atoms with van der Waals surface area (Å²) < 4.78 is 24.8. The minimum atomic E-state index is -0.562. The number of rotatable bonds is 11. The van der Waals surface area contributed by atoms with Crippen molar-refractivity contribution in [3.63, 3.8) is 0 Å². The maximum absolute atomic E-state index is 14.7. The van der Waals surface area contributed by atoms with E-state index in [1.165, 1.54) is 12.1 Å². The van der Waals surface area contributed by atoms with Crippen LogP contribution in [0.3, 0.4) is 0 Å². The van der Waals surface area contributed by atoms with Crippen molar-refractivity contribution < 1.29 is 23.5 Å². The molecule has 0 heterocycles. The fourth-order valence-electron chi connectivity index (χ4n) is 3.58. The van der Waals surface area contributed by atoms with E-state index in [2.05, 4.69) is 44.5 Å². The largest absolute Gasteiger partial charge is 0.423 e. The molecule has 0 atom stereocenters. The molecule has 0 spiro atoms. The van der Waals surface area contributed by atoms with Crippen molar-refractivity contribution in [3.05, 3.63) is 121 Å². The van der Waals surface area contributed by atoms with Crippen LogP contribution in [0.15, 0.2) is 125 Å². The first-order valence-corrected chi connectivity index (χ1v) is 12.9. The summed E-state index contributed by atoms with van der Waals surface area (Å²) >= 11 is 0. The zero-order valence-electron chi connectivity index (χ0n) is 23.4. The predicted octanol–water partition coefficient (Wildman–Crippen LogP) is 8.90. The number of hydrazine groups is 1. The Hall–Kier alpha value is -5.97. The van der Waals surface area contributed by atoms with E-state index >= 15 is 0 Å². The molecule has 4 aromatic carbocycles. The highest BCUT2D eigenvalue weighted by Crippen LogP contribution is 2.29. The highest BCUT2D eigenvalue weighted by atomic mass is 19.1. The lowest BCUT2D eigenvalue weighted by Crippen LogP contribution is -2.09. The summed E-state index contributed by atoms with van der Waals surface area (Å²) in [4.78, 5) is 22.6. The Bertz CT molecular complexity index is 1730. The van der Waals surface area contributed by atoms with Crippen molar-refractivity contribution in [3.8, 4) is 11.5 Å². The summed E-state index contributed by atoms with van der Waals surface area (Å²) in [5.41, 5.74) is 10.5. The Balaban J connectivity index is 1.34. The lowest BCUT2D eigenvalue weighted by molar-refractivity contribution is -0.129. The van der Waals surface area contributed by atoms with Gasteiger partial charge in [-0.15, -0.1) is 0 Å². The second-order valence-corrected chi connectivity index (χ2v) is 9.01. The van der Waals surface area contributed by atoms with E-state index in [1.54, 1.807) is 60.7 Å². The van der Waals surface area contributed by atoms with Crippen molar-refractivity contribution in [1.82, 2.24) is 0 Å². The van der Waals surface area contributed by atoms with Gasteiger partial charge in [-0.3, -0.25) is 5.43 Å². The Kier molecular flexibility index (Phi) is 9.83. The molecule has 0 unspecified atom stereocenters. The third kappa shape index (κ3) is 8.51. The zero-order chi connectivity index (χ0) is 30.8. The monoisotopic (exact) mass is 578 g/mol. The zero-order valence-corrected chi connectivity index (χ0v) is 23.4.